The Hall–Kier alpha value is -1.71. The first kappa shape index (κ1) is 12.3. The van der Waals surface area contributed by atoms with E-state index in [4.69, 9.17) is 23.2 Å². The number of hydrogen-bond acceptors (Lipinski definition) is 2. The van der Waals surface area contributed by atoms with Crippen LogP contribution in [0.25, 0.3) is 5.65 Å². The van der Waals surface area contributed by atoms with Crippen LogP contribution in [0.1, 0.15) is 5.69 Å². The maximum Gasteiger partial charge on any atom is 0.137 e. The smallest absolute Gasteiger partial charge is 0.137 e. The Bertz CT molecular complexity index is 722. The highest BCUT2D eigenvalue weighted by molar-refractivity contribution is 6.33. The molecule has 1 N–H and O–H groups in total. The van der Waals surface area contributed by atoms with E-state index in [0.29, 0.717) is 16.6 Å². The number of fused-ring (bicyclic) bond motifs is 1. The second-order valence-electron chi connectivity index (χ2n) is 4.18. The number of rotatable bonds is 3. The van der Waals surface area contributed by atoms with E-state index >= 15 is 0 Å². The molecule has 0 amide bonds. The number of para-hydroxylation sites is 1. The zero-order valence-electron chi connectivity index (χ0n) is 9.98. The molecule has 0 aliphatic heterocycles. The average Bonchev–Trinajstić information content (AvgIpc) is 2.79. The van der Waals surface area contributed by atoms with Gasteiger partial charge in [0.05, 0.1) is 28.0 Å². The number of hydrogen-bond donors (Lipinski definition) is 1. The van der Waals surface area contributed by atoms with Gasteiger partial charge in [0.15, 0.2) is 0 Å². The van der Waals surface area contributed by atoms with Gasteiger partial charge < -0.3 is 9.72 Å². The minimum Gasteiger partial charge on any atom is -0.378 e. The van der Waals surface area contributed by atoms with Crippen molar-refractivity contribution < 1.29 is 0 Å². The molecule has 0 spiro atoms. The first-order chi connectivity index (χ1) is 9.22. The molecule has 0 aliphatic rings. The molecule has 0 atom stereocenters. The van der Waals surface area contributed by atoms with E-state index in [0.717, 1.165) is 17.0 Å². The fraction of sp³-hybridized carbons (Fsp3) is 0.0714. The highest BCUT2D eigenvalue weighted by Gasteiger charge is 2.03. The van der Waals surface area contributed by atoms with Crippen LogP contribution >= 0.6 is 23.2 Å². The number of pyridine rings is 1. The van der Waals surface area contributed by atoms with Crippen molar-refractivity contribution in [1.82, 2.24) is 9.38 Å². The molecule has 0 fully saturated rings. The molecule has 0 aliphatic carbocycles. The van der Waals surface area contributed by atoms with E-state index in [1.807, 2.05) is 53.2 Å². The fourth-order valence-electron chi connectivity index (χ4n) is 1.89. The second-order valence-corrected chi connectivity index (χ2v) is 5.02. The summed E-state index contributed by atoms with van der Waals surface area (Å²) in [6.07, 6.45) is 3.79. The molecule has 19 heavy (non-hydrogen) atoms. The SMILES string of the molecule is Clc1ccc2nc(CNc3ccccc3Cl)cn2c1. The quantitative estimate of drug-likeness (QED) is 0.781. The summed E-state index contributed by atoms with van der Waals surface area (Å²) in [6.45, 7) is 0.614. The van der Waals surface area contributed by atoms with Crippen molar-refractivity contribution in [3.8, 4) is 0 Å². The van der Waals surface area contributed by atoms with Crippen LogP contribution in [0.2, 0.25) is 10.0 Å². The van der Waals surface area contributed by atoms with Gasteiger partial charge in [-0.15, -0.1) is 0 Å². The van der Waals surface area contributed by atoms with Crippen molar-refractivity contribution in [3.05, 3.63) is 64.5 Å². The molecule has 1 aromatic carbocycles. The summed E-state index contributed by atoms with van der Waals surface area (Å²) >= 11 is 12.0. The van der Waals surface area contributed by atoms with Crippen LogP contribution in [0.15, 0.2) is 48.8 Å². The van der Waals surface area contributed by atoms with E-state index in [1.54, 1.807) is 0 Å². The minimum absolute atomic E-state index is 0.614. The summed E-state index contributed by atoms with van der Waals surface area (Å²) in [5, 5.41) is 4.66. The normalized spacial score (nSPS) is 10.8. The minimum atomic E-state index is 0.614. The third kappa shape index (κ3) is 2.67. The summed E-state index contributed by atoms with van der Waals surface area (Å²) in [5.41, 5.74) is 2.71. The van der Waals surface area contributed by atoms with Crippen LogP contribution in [-0.4, -0.2) is 9.38 Å². The summed E-state index contributed by atoms with van der Waals surface area (Å²) in [6, 6.07) is 11.4. The zero-order valence-corrected chi connectivity index (χ0v) is 11.5. The standard InChI is InChI=1S/C14H11Cl2N3/c15-10-5-6-14-18-11(9-19(14)8-10)7-17-13-4-2-1-3-12(13)16/h1-6,8-9,17H,7H2. The molecule has 0 saturated carbocycles. The van der Waals surface area contributed by atoms with Crippen molar-refractivity contribution in [1.29, 1.82) is 0 Å². The van der Waals surface area contributed by atoms with E-state index in [1.165, 1.54) is 0 Å². The Balaban J connectivity index is 1.80. The number of halogens is 2. The van der Waals surface area contributed by atoms with Crippen LogP contribution in [0, 0.1) is 0 Å². The Morgan fingerprint density at radius 2 is 1.89 bits per heavy atom. The first-order valence-corrected chi connectivity index (χ1v) is 6.59. The maximum absolute atomic E-state index is 6.08. The third-order valence-corrected chi connectivity index (χ3v) is 3.35. The molecule has 0 radical (unpaired) electrons. The predicted molar refractivity (Wildman–Crippen MR) is 79.0 cm³/mol. The molecule has 0 bridgehead atoms. The monoisotopic (exact) mass is 291 g/mol. The van der Waals surface area contributed by atoms with Crippen LogP contribution in [0.5, 0.6) is 0 Å². The van der Waals surface area contributed by atoms with Gasteiger partial charge in [-0.1, -0.05) is 35.3 Å². The number of nitrogens with one attached hydrogen (secondary N) is 1. The molecular formula is C14H11Cl2N3. The Morgan fingerprint density at radius 1 is 1.05 bits per heavy atom. The maximum atomic E-state index is 6.08. The van der Waals surface area contributed by atoms with E-state index in [2.05, 4.69) is 10.3 Å². The van der Waals surface area contributed by atoms with Crippen LogP contribution in [-0.2, 0) is 6.54 Å². The van der Waals surface area contributed by atoms with E-state index < -0.39 is 0 Å². The van der Waals surface area contributed by atoms with Crippen molar-refractivity contribution in [3.63, 3.8) is 0 Å². The molecule has 3 nitrogen and oxygen atoms in total. The first-order valence-electron chi connectivity index (χ1n) is 5.84. The number of benzene rings is 1. The molecule has 2 aromatic heterocycles. The Morgan fingerprint density at radius 3 is 2.74 bits per heavy atom. The average molecular weight is 292 g/mol. The van der Waals surface area contributed by atoms with Crippen molar-refractivity contribution in [2.24, 2.45) is 0 Å². The Labute approximate surface area is 120 Å². The molecule has 5 heteroatoms. The lowest BCUT2D eigenvalue weighted by atomic mass is 10.3. The molecule has 3 aromatic rings. The molecule has 3 rings (SSSR count). The van der Waals surface area contributed by atoms with Gasteiger partial charge in [0.25, 0.3) is 0 Å². The van der Waals surface area contributed by atoms with Gasteiger partial charge in [0.2, 0.25) is 0 Å². The summed E-state index contributed by atoms with van der Waals surface area (Å²) in [7, 11) is 0. The highest BCUT2D eigenvalue weighted by Crippen LogP contribution is 2.21. The third-order valence-electron chi connectivity index (χ3n) is 2.80. The lowest BCUT2D eigenvalue weighted by molar-refractivity contribution is 1.08. The largest absolute Gasteiger partial charge is 0.378 e. The van der Waals surface area contributed by atoms with Gasteiger partial charge in [0, 0.05) is 12.4 Å². The fourth-order valence-corrected chi connectivity index (χ4v) is 2.26. The molecule has 0 saturated heterocycles. The van der Waals surface area contributed by atoms with Gasteiger partial charge in [-0.2, -0.15) is 0 Å². The van der Waals surface area contributed by atoms with Gasteiger partial charge >= 0.3 is 0 Å². The number of anilines is 1. The summed E-state index contributed by atoms with van der Waals surface area (Å²) in [5.74, 6) is 0. The van der Waals surface area contributed by atoms with Crippen molar-refractivity contribution in [2.75, 3.05) is 5.32 Å². The molecule has 2 heterocycles. The van der Waals surface area contributed by atoms with E-state index in [9.17, 15) is 0 Å². The lowest BCUT2D eigenvalue weighted by Crippen LogP contribution is -1.99. The number of nitrogens with zero attached hydrogens (tertiary/aromatic N) is 2. The van der Waals surface area contributed by atoms with Crippen LogP contribution < -0.4 is 5.32 Å². The second kappa shape index (κ2) is 5.11. The van der Waals surface area contributed by atoms with Gasteiger partial charge in [-0.05, 0) is 24.3 Å². The topological polar surface area (TPSA) is 29.3 Å². The zero-order chi connectivity index (χ0) is 13.2. The summed E-state index contributed by atoms with van der Waals surface area (Å²) < 4.78 is 1.91. The summed E-state index contributed by atoms with van der Waals surface area (Å²) in [4.78, 5) is 4.50. The number of imidazole rings is 1. The lowest BCUT2D eigenvalue weighted by Gasteiger charge is -2.05. The Kier molecular flexibility index (Phi) is 3.32. The van der Waals surface area contributed by atoms with E-state index in [-0.39, 0.29) is 0 Å². The van der Waals surface area contributed by atoms with Crippen molar-refractivity contribution >= 4 is 34.5 Å². The van der Waals surface area contributed by atoms with Gasteiger partial charge in [-0.25, -0.2) is 4.98 Å². The number of aromatic nitrogens is 2. The van der Waals surface area contributed by atoms with Gasteiger partial charge in [0.1, 0.15) is 5.65 Å². The predicted octanol–water partition coefficient (Wildman–Crippen LogP) is 4.25. The van der Waals surface area contributed by atoms with Crippen molar-refractivity contribution in [2.45, 2.75) is 6.54 Å². The van der Waals surface area contributed by atoms with Gasteiger partial charge in [-0.3, -0.25) is 0 Å². The molecule has 96 valence electrons. The molecular weight excluding hydrogens is 281 g/mol. The van der Waals surface area contributed by atoms with Crippen LogP contribution in [0.4, 0.5) is 5.69 Å². The molecule has 0 unspecified atom stereocenters. The van der Waals surface area contributed by atoms with Crippen LogP contribution in [0.3, 0.4) is 0 Å². The highest BCUT2D eigenvalue weighted by atomic mass is 35.5.